The van der Waals surface area contributed by atoms with Crippen molar-refractivity contribution in [3.63, 3.8) is 0 Å². The Morgan fingerprint density at radius 1 is 1.17 bits per heavy atom. The van der Waals surface area contributed by atoms with Gasteiger partial charge >= 0.3 is 6.18 Å². The zero-order valence-corrected chi connectivity index (χ0v) is 12.8. The minimum atomic E-state index is -4.71. The molecule has 0 N–H and O–H groups in total. The molecule has 1 aliphatic carbocycles. The summed E-state index contributed by atoms with van der Waals surface area (Å²) in [6, 6.07) is 4.85. The van der Waals surface area contributed by atoms with E-state index in [2.05, 4.69) is 10.1 Å². The molecule has 124 valence electrons. The van der Waals surface area contributed by atoms with Crippen molar-refractivity contribution in [2.24, 2.45) is 0 Å². The Labute approximate surface area is 138 Å². The van der Waals surface area contributed by atoms with Gasteiger partial charge in [-0.1, -0.05) is 17.7 Å². The first-order chi connectivity index (χ1) is 11.3. The van der Waals surface area contributed by atoms with Crippen molar-refractivity contribution in [1.29, 1.82) is 0 Å². The van der Waals surface area contributed by atoms with Crippen molar-refractivity contribution < 1.29 is 17.6 Å². The molecule has 24 heavy (non-hydrogen) atoms. The largest absolute Gasteiger partial charge is 0.419 e. The number of hydrogen-bond donors (Lipinski definition) is 0. The molecule has 1 saturated carbocycles. The molecule has 3 aromatic rings. The molecule has 2 heterocycles. The highest BCUT2D eigenvalue weighted by Crippen LogP contribution is 2.56. The average molecular weight is 356 g/mol. The van der Waals surface area contributed by atoms with Crippen LogP contribution < -0.4 is 0 Å². The lowest BCUT2D eigenvalue weighted by molar-refractivity contribution is -0.140. The fourth-order valence-corrected chi connectivity index (χ4v) is 3.28. The summed E-state index contributed by atoms with van der Waals surface area (Å²) in [6.07, 6.45) is -0.812. The van der Waals surface area contributed by atoms with Crippen LogP contribution in [0.25, 0.3) is 5.65 Å². The summed E-state index contributed by atoms with van der Waals surface area (Å²) in [5.41, 5.74) is 0.698. The van der Waals surface area contributed by atoms with Crippen molar-refractivity contribution in [3.8, 4) is 0 Å². The van der Waals surface area contributed by atoms with E-state index in [4.69, 9.17) is 11.6 Å². The van der Waals surface area contributed by atoms with Gasteiger partial charge in [0.25, 0.3) is 0 Å². The first-order valence-electron chi connectivity index (χ1n) is 7.21. The van der Waals surface area contributed by atoms with Crippen LogP contribution in [0.1, 0.15) is 34.9 Å². The number of halogens is 5. The summed E-state index contributed by atoms with van der Waals surface area (Å²) in [7, 11) is 0. The number of aromatic nitrogens is 3. The van der Waals surface area contributed by atoms with Crippen LogP contribution in [0.4, 0.5) is 17.6 Å². The molecule has 0 amide bonds. The molecule has 3 nitrogen and oxygen atoms in total. The zero-order chi connectivity index (χ0) is 17.1. The number of alkyl halides is 3. The maximum Gasteiger partial charge on any atom is 0.419 e. The Balaban J connectivity index is 1.70. The molecule has 2 aromatic heterocycles. The van der Waals surface area contributed by atoms with Crippen molar-refractivity contribution >= 4 is 17.2 Å². The summed E-state index contributed by atoms with van der Waals surface area (Å²) in [6.45, 7) is 0. The predicted molar refractivity (Wildman–Crippen MR) is 79.5 cm³/mol. The molecule has 0 bridgehead atoms. The minimum Gasteiger partial charge on any atom is -0.235 e. The topological polar surface area (TPSA) is 30.2 Å². The Hall–Kier alpha value is -2.15. The highest BCUT2D eigenvalue weighted by molar-refractivity contribution is 6.29. The van der Waals surface area contributed by atoms with Gasteiger partial charge in [-0.2, -0.15) is 18.3 Å². The van der Waals surface area contributed by atoms with Gasteiger partial charge in [0, 0.05) is 18.0 Å². The summed E-state index contributed by atoms with van der Waals surface area (Å²) in [5, 5.41) is 4.37. The lowest BCUT2D eigenvalue weighted by Crippen LogP contribution is -2.08. The van der Waals surface area contributed by atoms with E-state index >= 15 is 0 Å². The van der Waals surface area contributed by atoms with Crippen LogP contribution in [0.2, 0.25) is 5.15 Å². The molecule has 0 saturated heterocycles. The zero-order valence-electron chi connectivity index (χ0n) is 12.1. The first-order valence-corrected chi connectivity index (χ1v) is 7.59. The van der Waals surface area contributed by atoms with Gasteiger partial charge in [-0.25, -0.2) is 13.9 Å². The van der Waals surface area contributed by atoms with Gasteiger partial charge in [-0.05, 0) is 42.0 Å². The second kappa shape index (κ2) is 5.17. The highest BCUT2D eigenvalue weighted by atomic mass is 35.5. The predicted octanol–water partition coefficient (Wildman–Crippen LogP) is 4.81. The SMILES string of the molecule is Fc1ccc([C@H]2CC2c2cc(Cl)nn3ccnc23)cc1C(F)(F)F. The fourth-order valence-electron chi connectivity index (χ4n) is 3.08. The third-order valence-corrected chi connectivity index (χ3v) is 4.46. The van der Waals surface area contributed by atoms with Crippen molar-refractivity contribution in [2.75, 3.05) is 0 Å². The number of hydrogen-bond acceptors (Lipinski definition) is 2. The number of benzene rings is 1. The van der Waals surface area contributed by atoms with E-state index in [1.807, 2.05) is 0 Å². The Morgan fingerprint density at radius 2 is 1.96 bits per heavy atom. The van der Waals surface area contributed by atoms with Crippen molar-refractivity contribution in [2.45, 2.75) is 24.4 Å². The maximum absolute atomic E-state index is 13.4. The number of rotatable bonds is 2. The molecule has 1 aromatic carbocycles. The summed E-state index contributed by atoms with van der Waals surface area (Å²) >= 11 is 5.99. The third kappa shape index (κ3) is 2.53. The van der Waals surface area contributed by atoms with E-state index in [1.165, 1.54) is 6.07 Å². The van der Waals surface area contributed by atoms with Gasteiger partial charge in [-0.3, -0.25) is 0 Å². The first kappa shape index (κ1) is 15.4. The molecular weight excluding hydrogens is 346 g/mol. The maximum atomic E-state index is 13.4. The highest BCUT2D eigenvalue weighted by Gasteiger charge is 2.43. The molecule has 0 radical (unpaired) electrons. The van der Waals surface area contributed by atoms with Gasteiger partial charge in [0.1, 0.15) is 11.0 Å². The quantitative estimate of drug-likeness (QED) is 0.617. The average Bonchev–Trinajstić information content (AvgIpc) is 3.15. The van der Waals surface area contributed by atoms with Gasteiger partial charge in [-0.15, -0.1) is 0 Å². The van der Waals surface area contributed by atoms with Gasteiger partial charge < -0.3 is 0 Å². The van der Waals surface area contributed by atoms with Crippen LogP contribution in [-0.4, -0.2) is 14.6 Å². The standard InChI is InChI=1S/C16H10ClF4N3/c17-14-7-11(15-22-3-4-24(15)23-14)10-6-9(10)8-1-2-13(18)12(5-8)16(19,20)21/h1-5,7,9-10H,6H2/t9-,10?/m1/s1. The number of nitrogens with zero attached hydrogens (tertiary/aromatic N) is 3. The molecule has 0 aliphatic heterocycles. The molecule has 2 atom stereocenters. The molecule has 8 heteroatoms. The van der Waals surface area contributed by atoms with E-state index in [1.54, 1.807) is 23.0 Å². The number of fused-ring (bicyclic) bond motifs is 1. The van der Waals surface area contributed by atoms with Crippen LogP contribution in [0.3, 0.4) is 0 Å². The Morgan fingerprint density at radius 3 is 2.71 bits per heavy atom. The van der Waals surface area contributed by atoms with Crippen molar-refractivity contribution in [1.82, 2.24) is 14.6 Å². The van der Waals surface area contributed by atoms with Crippen LogP contribution in [-0.2, 0) is 6.18 Å². The van der Waals surface area contributed by atoms with Crippen molar-refractivity contribution in [3.05, 3.63) is 64.3 Å². The summed E-state index contributed by atoms with van der Waals surface area (Å²) < 4.78 is 53.6. The third-order valence-electron chi connectivity index (χ3n) is 4.27. The molecule has 1 aliphatic rings. The normalized spacial score (nSPS) is 20.5. The van der Waals surface area contributed by atoms with Crippen LogP contribution in [0, 0.1) is 5.82 Å². The van der Waals surface area contributed by atoms with Crippen LogP contribution in [0.15, 0.2) is 36.7 Å². The molecule has 1 unspecified atom stereocenters. The Bertz CT molecular complexity index is 935. The molecule has 4 rings (SSSR count). The van der Waals surface area contributed by atoms with E-state index in [0.29, 0.717) is 17.6 Å². The molecular formula is C16H10ClF4N3. The fraction of sp³-hybridized carbons (Fsp3) is 0.250. The van der Waals surface area contributed by atoms with Crippen LogP contribution in [0.5, 0.6) is 0 Å². The van der Waals surface area contributed by atoms with Gasteiger partial charge in [0.15, 0.2) is 5.65 Å². The van der Waals surface area contributed by atoms with E-state index in [9.17, 15) is 17.6 Å². The smallest absolute Gasteiger partial charge is 0.235 e. The molecule has 1 fully saturated rings. The van der Waals surface area contributed by atoms with Crippen LogP contribution >= 0.6 is 11.6 Å². The second-order valence-electron chi connectivity index (χ2n) is 5.80. The monoisotopic (exact) mass is 355 g/mol. The molecule has 0 spiro atoms. The van der Waals surface area contributed by atoms with E-state index < -0.39 is 17.6 Å². The number of imidazole rings is 1. The van der Waals surface area contributed by atoms with Gasteiger partial charge in [0.2, 0.25) is 0 Å². The van der Waals surface area contributed by atoms with Gasteiger partial charge in [0.05, 0.1) is 5.56 Å². The summed E-state index contributed by atoms with van der Waals surface area (Å²) in [5.74, 6) is -1.39. The second-order valence-corrected chi connectivity index (χ2v) is 6.19. The Kier molecular flexibility index (Phi) is 3.32. The summed E-state index contributed by atoms with van der Waals surface area (Å²) in [4.78, 5) is 4.22. The minimum absolute atomic E-state index is 0.0121. The van der Waals surface area contributed by atoms with E-state index in [-0.39, 0.29) is 17.0 Å². The lowest BCUT2D eigenvalue weighted by atomic mass is 10.0. The lowest BCUT2D eigenvalue weighted by Gasteiger charge is -2.10. The van der Waals surface area contributed by atoms with E-state index in [0.717, 1.165) is 17.7 Å².